The van der Waals surface area contributed by atoms with E-state index in [1.54, 1.807) is 23.1 Å². The van der Waals surface area contributed by atoms with Crippen LogP contribution in [0.1, 0.15) is 62.2 Å². The Morgan fingerprint density at radius 1 is 1.00 bits per heavy atom. The van der Waals surface area contributed by atoms with Gasteiger partial charge in [0.2, 0.25) is 0 Å². The van der Waals surface area contributed by atoms with Crippen molar-refractivity contribution in [3.63, 3.8) is 0 Å². The summed E-state index contributed by atoms with van der Waals surface area (Å²) in [7, 11) is 0. The Labute approximate surface area is 131 Å². The highest BCUT2D eigenvalue weighted by Crippen LogP contribution is 2.34. The van der Waals surface area contributed by atoms with Crippen molar-refractivity contribution < 1.29 is 9.59 Å². The highest BCUT2D eigenvalue weighted by molar-refractivity contribution is 6.55. The maximum absolute atomic E-state index is 12.0. The van der Waals surface area contributed by atoms with E-state index in [0.717, 1.165) is 12.8 Å². The zero-order valence-electron chi connectivity index (χ0n) is 12.5. The summed E-state index contributed by atoms with van der Waals surface area (Å²) in [6, 6.07) is 5.23. The first-order valence-electron chi connectivity index (χ1n) is 7.81. The summed E-state index contributed by atoms with van der Waals surface area (Å²) in [5, 5.41) is 0.368. The Bertz CT molecular complexity index is 528. The Balaban J connectivity index is 1.86. The van der Waals surface area contributed by atoms with Gasteiger partial charge in [0.05, 0.1) is 16.3 Å². The highest BCUT2D eigenvalue weighted by Gasteiger charge is 2.36. The number of Topliss-reactive ketones (excluding diaryl/α,β-unsaturated/α-hetero) is 1. The van der Waals surface area contributed by atoms with Crippen molar-refractivity contribution in [3.05, 3.63) is 28.8 Å². The van der Waals surface area contributed by atoms with Crippen LogP contribution in [0.3, 0.4) is 0 Å². The van der Waals surface area contributed by atoms with E-state index in [2.05, 4.69) is 6.92 Å². The number of halogens is 1. The van der Waals surface area contributed by atoms with E-state index in [1.165, 1.54) is 32.1 Å². The van der Waals surface area contributed by atoms with Crippen molar-refractivity contribution in [2.75, 3.05) is 11.4 Å². The summed E-state index contributed by atoms with van der Waals surface area (Å²) >= 11 is 6.03. The van der Waals surface area contributed by atoms with E-state index >= 15 is 0 Å². The number of unbranched alkanes of at least 4 members (excludes halogenated alkanes) is 6. The zero-order chi connectivity index (χ0) is 15.2. The predicted molar refractivity (Wildman–Crippen MR) is 86.1 cm³/mol. The van der Waals surface area contributed by atoms with Gasteiger partial charge in [-0.3, -0.25) is 9.59 Å². The molecule has 0 atom stereocenters. The second kappa shape index (κ2) is 7.60. The van der Waals surface area contributed by atoms with Crippen LogP contribution in [0.4, 0.5) is 5.69 Å². The number of rotatable bonds is 8. The summed E-state index contributed by atoms with van der Waals surface area (Å²) in [6.45, 7) is 2.81. The average molecular weight is 308 g/mol. The first kappa shape index (κ1) is 16.0. The Morgan fingerprint density at radius 2 is 1.67 bits per heavy atom. The second-order valence-electron chi connectivity index (χ2n) is 5.54. The van der Waals surface area contributed by atoms with Crippen molar-refractivity contribution in [3.8, 4) is 0 Å². The maximum atomic E-state index is 12.0. The number of fused-ring (bicyclic) bond motifs is 1. The minimum atomic E-state index is -0.474. The number of ketones is 1. The van der Waals surface area contributed by atoms with Crippen molar-refractivity contribution >= 4 is 29.0 Å². The molecule has 1 aliphatic rings. The Hall–Kier alpha value is -1.35. The molecule has 3 nitrogen and oxygen atoms in total. The summed E-state index contributed by atoms with van der Waals surface area (Å²) in [5.41, 5.74) is 1.04. The van der Waals surface area contributed by atoms with Gasteiger partial charge in [0, 0.05) is 6.54 Å². The molecular formula is C17H22ClNO2. The number of amides is 1. The second-order valence-corrected chi connectivity index (χ2v) is 5.95. The van der Waals surface area contributed by atoms with E-state index < -0.39 is 11.7 Å². The number of nitrogens with zero attached hydrogens (tertiary/aromatic N) is 1. The van der Waals surface area contributed by atoms with Crippen LogP contribution in [0.5, 0.6) is 0 Å². The third-order valence-electron chi connectivity index (χ3n) is 3.93. The first-order valence-corrected chi connectivity index (χ1v) is 8.19. The fraction of sp³-hybridized carbons (Fsp3) is 0.529. The van der Waals surface area contributed by atoms with E-state index in [9.17, 15) is 9.59 Å². The van der Waals surface area contributed by atoms with Crippen LogP contribution in [-0.2, 0) is 4.79 Å². The number of carbonyl (C=O) groups is 2. The predicted octanol–water partition coefficient (Wildman–Crippen LogP) is 4.62. The van der Waals surface area contributed by atoms with E-state index in [1.807, 2.05) is 0 Å². The van der Waals surface area contributed by atoms with E-state index in [4.69, 9.17) is 11.6 Å². The molecule has 1 heterocycles. The number of hydrogen-bond acceptors (Lipinski definition) is 2. The summed E-state index contributed by atoms with van der Waals surface area (Å²) in [6.07, 6.45) is 8.30. The maximum Gasteiger partial charge on any atom is 0.299 e. The van der Waals surface area contributed by atoms with Gasteiger partial charge >= 0.3 is 0 Å². The molecule has 4 heteroatoms. The summed E-state index contributed by atoms with van der Waals surface area (Å²) in [4.78, 5) is 25.6. The molecule has 1 aromatic carbocycles. The molecule has 0 fully saturated rings. The monoisotopic (exact) mass is 307 g/mol. The molecule has 1 aromatic rings. The topological polar surface area (TPSA) is 37.4 Å². The van der Waals surface area contributed by atoms with Gasteiger partial charge < -0.3 is 4.90 Å². The van der Waals surface area contributed by atoms with Gasteiger partial charge in [-0.25, -0.2) is 0 Å². The lowest BCUT2D eigenvalue weighted by Crippen LogP contribution is -2.30. The molecular weight excluding hydrogens is 286 g/mol. The molecule has 0 saturated carbocycles. The standard InChI is InChI=1S/C17H22ClNO2/c1-2-3-4-5-6-7-8-12-19-14-11-9-10-13(18)15(14)16(20)17(19)21/h9-11H,2-8,12H2,1H3. The molecule has 0 aliphatic carbocycles. The minimum absolute atomic E-state index is 0.368. The lowest BCUT2D eigenvalue weighted by molar-refractivity contribution is -0.114. The normalized spacial score (nSPS) is 13.9. The molecule has 0 radical (unpaired) electrons. The van der Waals surface area contributed by atoms with Gasteiger partial charge in [0.15, 0.2) is 0 Å². The largest absolute Gasteiger partial charge is 0.305 e. The van der Waals surface area contributed by atoms with Crippen LogP contribution in [0, 0.1) is 0 Å². The van der Waals surface area contributed by atoms with E-state index in [0.29, 0.717) is 22.8 Å². The molecule has 0 N–H and O–H groups in total. The molecule has 114 valence electrons. The van der Waals surface area contributed by atoms with Crippen LogP contribution in [0.15, 0.2) is 18.2 Å². The van der Waals surface area contributed by atoms with Gasteiger partial charge in [-0.1, -0.05) is 63.1 Å². The van der Waals surface area contributed by atoms with Crippen molar-refractivity contribution in [2.45, 2.75) is 51.9 Å². The first-order chi connectivity index (χ1) is 10.2. The SMILES string of the molecule is CCCCCCCCCN1C(=O)C(=O)c2c(Cl)cccc21. The lowest BCUT2D eigenvalue weighted by atomic mass is 10.1. The van der Waals surface area contributed by atoms with Gasteiger partial charge in [0.1, 0.15) is 0 Å². The fourth-order valence-electron chi connectivity index (χ4n) is 2.75. The van der Waals surface area contributed by atoms with Crippen LogP contribution >= 0.6 is 11.6 Å². The number of carbonyl (C=O) groups excluding carboxylic acids is 2. The van der Waals surface area contributed by atoms with Crippen LogP contribution in [0.25, 0.3) is 0 Å². The van der Waals surface area contributed by atoms with Crippen molar-refractivity contribution in [1.82, 2.24) is 0 Å². The van der Waals surface area contributed by atoms with Crippen LogP contribution < -0.4 is 4.90 Å². The highest BCUT2D eigenvalue weighted by atomic mass is 35.5. The Morgan fingerprint density at radius 3 is 2.38 bits per heavy atom. The van der Waals surface area contributed by atoms with Gasteiger partial charge in [-0.2, -0.15) is 0 Å². The summed E-state index contributed by atoms with van der Waals surface area (Å²) < 4.78 is 0. The van der Waals surface area contributed by atoms with E-state index in [-0.39, 0.29) is 0 Å². The molecule has 0 saturated heterocycles. The van der Waals surface area contributed by atoms with Crippen molar-refractivity contribution in [1.29, 1.82) is 0 Å². The van der Waals surface area contributed by atoms with Crippen LogP contribution in [-0.4, -0.2) is 18.2 Å². The quantitative estimate of drug-likeness (QED) is 0.519. The minimum Gasteiger partial charge on any atom is -0.305 e. The van der Waals surface area contributed by atoms with Gasteiger partial charge in [-0.05, 0) is 18.6 Å². The van der Waals surface area contributed by atoms with Gasteiger partial charge in [0.25, 0.3) is 11.7 Å². The lowest BCUT2D eigenvalue weighted by Gasteiger charge is -2.16. The number of anilines is 1. The van der Waals surface area contributed by atoms with Gasteiger partial charge in [-0.15, -0.1) is 0 Å². The summed E-state index contributed by atoms with van der Waals surface area (Å²) in [5.74, 6) is -0.914. The molecule has 1 amide bonds. The molecule has 1 aliphatic heterocycles. The third-order valence-corrected chi connectivity index (χ3v) is 4.25. The zero-order valence-corrected chi connectivity index (χ0v) is 13.3. The Kier molecular flexibility index (Phi) is 5.80. The molecule has 0 bridgehead atoms. The smallest absolute Gasteiger partial charge is 0.299 e. The average Bonchev–Trinajstić information content (AvgIpc) is 2.72. The fourth-order valence-corrected chi connectivity index (χ4v) is 3.01. The molecule has 21 heavy (non-hydrogen) atoms. The molecule has 0 aromatic heterocycles. The molecule has 0 unspecified atom stereocenters. The van der Waals surface area contributed by atoms with Crippen LogP contribution in [0.2, 0.25) is 5.02 Å². The number of hydrogen-bond donors (Lipinski definition) is 0. The van der Waals surface area contributed by atoms with Crippen molar-refractivity contribution in [2.24, 2.45) is 0 Å². The third kappa shape index (κ3) is 3.65. The molecule has 0 spiro atoms. The molecule has 2 rings (SSSR count). The number of benzene rings is 1.